The predicted octanol–water partition coefficient (Wildman–Crippen LogP) is 1.73. The molecule has 1 rings (SSSR count). The van der Waals surface area contributed by atoms with Crippen LogP contribution in [0.3, 0.4) is 0 Å². The Morgan fingerprint density at radius 2 is 2.38 bits per heavy atom. The van der Waals surface area contributed by atoms with E-state index < -0.39 is 0 Å². The van der Waals surface area contributed by atoms with Gasteiger partial charge in [0.15, 0.2) is 0 Å². The molecule has 0 aliphatic heterocycles. The summed E-state index contributed by atoms with van der Waals surface area (Å²) >= 11 is 1.60. The summed E-state index contributed by atoms with van der Waals surface area (Å²) in [5, 5.41) is 13.2. The highest BCUT2D eigenvalue weighted by molar-refractivity contribution is 7.98. The van der Waals surface area contributed by atoms with E-state index in [1.54, 1.807) is 18.0 Å². The first-order valence-electron chi connectivity index (χ1n) is 4.19. The highest BCUT2D eigenvalue weighted by Gasteiger charge is 2.02. The van der Waals surface area contributed by atoms with Crippen LogP contribution >= 0.6 is 11.8 Å². The molecule has 4 heteroatoms. The maximum absolute atomic E-state index is 9.02. The van der Waals surface area contributed by atoms with E-state index in [0.29, 0.717) is 0 Å². The molecule has 1 aromatic heterocycles. The molecule has 0 atom stereocenters. The summed E-state index contributed by atoms with van der Waals surface area (Å²) in [5.74, 6) is 0. The average molecular weight is 198 g/mol. The Hall–Kier alpha value is -0.740. The molecule has 0 saturated carbocycles. The Balaban J connectivity index is 2.95. The van der Waals surface area contributed by atoms with E-state index in [9.17, 15) is 0 Å². The van der Waals surface area contributed by atoms with E-state index >= 15 is 0 Å². The van der Waals surface area contributed by atoms with Gasteiger partial charge < -0.3 is 10.4 Å². The van der Waals surface area contributed by atoms with Gasteiger partial charge >= 0.3 is 0 Å². The molecule has 72 valence electrons. The molecule has 0 amide bonds. The van der Waals surface area contributed by atoms with E-state index in [-0.39, 0.29) is 6.61 Å². The van der Waals surface area contributed by atoms with Crippen molar-refractivity contribution in [2.75, 3.05) is 18.1 Å². The second-order valence-electron chi connectivity index (χ2n) is 2.57. The van der Waals surface area contributed by atoms with Gasteiger partial charge in [-0.05, 0) is 19.2 Å². The van der Waals surface area contributed by atoms with Gasteiger partial charge in [-0.25, -0.2) is 4.98 Å². The van der Waals surface area contributed by atoms with Crippen LogP contribution in [0.15, 0.2) is 17.3 Å². The maximum Gasteiger partial charge on any atom is 0.0977 e. The Bertz CT molecular complexity index is 278. The van der Waals surface area contributed by atoms with Gasteiger partial charge in [-0.3, -0.25) is 0 Å². The van der Waals surface area contributed by atoms with Crippen LogP contribution in [-0.2, 0) is 6.61 Å². The first-order chi connectivity index (χ1) is 6.31. The van der Waals surface area contributed by atoms with Crippen LogP contribution in [-0.4, -0.2) is 22.9 Å². The Morgan fingerprint density at radius 1 is 1.62 bits per heavy atom. The second-order valence-corrected chi connectivity index (χ2v) is 3.40. The van der Waals surface area contributed by atoms with Crippen LogP contribution in [0.1, 0.15) is 12.5 Å². The maximum atomic E-state index is 9.02. The molecule has 0 aliphatic rings. The van der Waals surface area contributed by atoms with Gasteiger partial charge in [-0.15, -0.1) is 11.8 Å². The number of anilines is 1. The summed E-state index contributed by atoms with van der Waals surface area (Å²) in [5.41, 5.74) is 1.82. The number of aliphatic hydroxyl groups is 1. The molecular weight excluding hydrogens is 184 g/mol. The molecule has 0 saturated heterocycles. The molecule has 0 radical (unpaired) electrons. The number of nitrogens with one attached hydrogen (secondary N) is 1. The lowest BCUT2D eigenvalue weighted by molar-refractivity contribution is 0.282. The number of thioether (sulfide) groups is 1. The summed E-state index contributed by atoms with van der Waals surface area (Å²) in [6.45, 7) is 2.91. The smallest absolute Gasteiger partial charge is 0.0977 e. The van der Waals surface area contributed by atoms with Crippen LogP contribution < -0.4 is 5.32 Å². The van der Waals surface area contributed by atoms with Crippen LogP contribution in [0.2, 0.25) is 0 Å². The molecule has 0 aromatic carbocycles. The standard InChI is InChI=1S/C9H14N2OS/c1-3-10-8-4-9(13-2)11-5-7(8)6-12/h4-5,12H,3,6H2,1-2H3,(H,10,11). The zero-order valence-electron chi connectivity index (χ0n) is 7.87. The van der Waals surface area contributed by atoms with E-state index in [1.807, 2.05) is 19.2 Å². The van der Waals surface area contributed by atoms with Gasteiger partial charge in [0.05, 0.1) is 11.6 Å². The number of rotatable bonds is 4. The van der Waals surface area contributed by atoms with Gasteiger partial charge in [-0.2, -0.15) is 0 Å². The van der Waals surface area contributed by atoms with Crippen LogP contribution in [0, 0.1) is 0 Å². The second kappa shape index (κ2) is 5.09. The fourth-order valence-corrected chi connectivity index (χ4v) is 1.45. The summed E-state index contributed by atoms with van der Waals surface area (Å²) in [4.78, 5) is 4.17. The molecular formula is C9H14N2OS. The third-order valence-corrected chi connectivity index (χ3v) is 2.35. The molecule has 2 N–H and O–H groups in total. The quantitative estimate of drug-likeness (QED) is 0.723. The zero-order chi connectivity index (χ0) is 9.68. The van der Waals surface area contributed by atoms with Crippen molar-refractivity contribution >= 4 is 17.4 Å². The zero-order valence-corrected chi connectivity index (χ0v) is 8.69. The fraction of sp³-hybridized carbons (Fsp3) is 0.444. The number of aromatic nitrogens is 1. The molecule has 0 fully saturated rings. The minimum absolute atomic E-state index is 0.0317. The first-order valence-corrected chi connectivity index (χ1v) is 5.42. The van der Waals surface area contributed by atoms with Gasteiger partial charge in [0, 0.05) is 24.0 Å². The van der Waals surface area contributed by atoms with Gasteiger partial charge in [-0.1, -0.05) is 0 Å². The van der Waals surface area contributed by atoms with E-state index in [1.165, 1.54) is 0 Å². The van der Waals surface area contributed by atoms with Crippen molar-refractivity contribution < 1.29 is 5.11 Å². The van der Waals surface area contributed by atoms with Crippen molar-refractivity contribution in [1.82, 2.24) is 4.98 Å². The molecule has 3 nitrogen and oxygen atoms in total. The highest BCUT2D eigenvalue weighted by atomic mass is 32.2. The van der Waals surface area contributed by atoms with Crippen LogP contribution in [0.25, 0.3) is 0 Å². The summed E-state index contributed by atoms with van der Waals surface area (Å²) < 4.78 is 0. The van der Waals surface area contributed by atoms with Crippen molar-refractivity contribution in [2.24, 2.45) is 0 Å². The highest BCUT2D eigenvalue weighted by Crippen LogP contribution is 2.20. The summed E-state index contributed by atoms with van der Waals surface area (Å²) in [6.07, 6.45) is 3.69. The van der Waals surface area contributed by atoms with Crippen LogP contribution in [0.5, 0.6) is 0 Å². The predicted molar refractivity (Wildman–Crippen MR) is 56.1 cm³/mol. The molecule has 1 heterocycles. The number of nitrogens with zero attached hydrogens (tertiary/aromatic N) is 1. The lowest BCUT2D eigenvalue weighted by Crippen LogP contribution is -2.02. The normalized spacial score (nSPS) is 10.1. The van der Waals surface area contributed by atoms with Crippen molar-refractivity contribution in [3.05, 3.63) is 17.8 Å². The number of hydrogen-bond acceptors (Lipinski definition) is 4. The fourth-order valence-electron chi connectivity index (χ4n) is 1.06. The molecule has 0 spiro atoms. The first kappa shape index (κ1) is 10.3. The molecule has 0 bridgehead atoms. The van der Waals surface area contributed by atoms with Crippen molar-refractivity contribution in [3.63, 3.8) is 0 Å². The lowest BCUT2D eigenvalue weighted by atomic mass is 10.2. The molecule has 1 aromatic rings. The van der Waals surface area contributed by atoms with Crippen molar-refractivity contribution in [1.29, 1.82) is 0 Å². The minimum Gasteiger partial charge on any atom is -0.392 e. The monoisotopic (exact) mass is 198 g/mol. The number of aliphatic hydroxyl groups excluding tert-OH is 1. The van der Waals surface area contributed by atoms with Gasteiger partial charge in [0.25, 0.3) is 0 Å². The molecule has 0 unspecified atom stereocenters. The Morgan fingerprint density at radius 3 is 2.92 bits per heavy atom. The average Bonchev–Trinajstić information content (AvgIpc) is 2.18. The number of pyridine rings is 1. The third kappa shape index (κ3) is 2.60. The van der Waals surface area contributed by atoms with Gasteiger partial charge in [0.2, 0.25) is 0 Å². The summed E-state index contributed by atoms with van der Waals surface area (Å²) in [6, 6.07) is 1.96. The molecule has 0 aliphatic carbocycles. The largest absolute Gasteiger partial charge is 0.392 e. The Kier molecular flexibility index (Phi) is 4.05. The topological polar surface area (TPSA) is 45.2 Å². The van der Waals surface area contributed by atoms with Crippen molar-refractivity contribution in [3.8, 4) is 0 Å². The number of hydrogen-bond donors (Lipinski definition) is 2. The van der Waals surface area contributed by atoms with E-state index in [0.717, 1.165) is 22.8 Å². The van der Waals surface area contributed by atoms with E-state index in [2.05, 4.69) is 10.3 Å². The lowest BCUT2D eigenvalue weighted by Gasteiger charge is -2.09. The summed E-state index contributed by atoms with van der Waals surface area (Å²) in [7, 11) is 0. The Labute approximate surface area is 82.6 Å². The van der Waals surface area contributed by atoms with Gasteiger partial charge in [0.1, 0.15) is 0 Å². The van der Waals surface area contributed by atoms with E-state index in [4.69, 9.17) is 5.11 Å². The third-order valence-electron chi connectivity index (χ3n) is 1.71. The van der Waals surface area contributed by atoms with Crippen LogP contribution in [0.4, 0.5) is 5.69 Å². The molecule has 13 heavy (non-hydrogen) atoms. The van der Waals surface area contributed by atoms with Crippen molar-refractivity contribution in [2.45, 2.75) is 18.6 Å². The SMILES string of the molecule is CCNc1cc(SC)ncc1CO. The minimum atomic E-state index is 0.0317.